The molecule has 2 unspecified atom stereocenters. The minimum Gasteiger partial charge on any atom is -0.366 e. The van der Waals surface area contributed by atoms with Crippen LogP contribution in [-0.4, -0.2) is 36.9 Å². The number of primary amides is 1. The van der Waals surface area contributed by atoms with Gasteiger partial charge in [0.05, 0.1) is 22.0 Å². The second-order valence-corrected chi connectivity index (χ2v) is 10.1. The van der Waals surface area contributed by atoms with Crippen LogP contribution in [0.2, 0.25) is 5.02 Å². The molecule has 4 rings (SSSR count). The Bertz CT molecular complexity index is 1110. The van der Waals surface area contributed by atoms with E-state index >= 15 is 0 Å². The van der Waals surface area contributed by atoms with E-state index in [-0.39, 0.29) is 27.8 Å². The zero-order valence-electron chi connectivity index (χ0n) is 18.4. The first-order valence-electron chi connectivity index (χ1n) is 10.6. The lowest BCUT2D eigenvalue weighted by molar-refractivity contribution is -0.123. The Morgan fingerprint density at radius 1 is 1.25 bits per heavy atom. The molecule has 4 N–H and O–H groups in total. The number of fused-ring (bicyclic) bond motifs is 2. The second kappa shape index (κ2) is 7.90. The van der Waals surface area contributed by atoms with Crippen molar-refractivity contribution in [2.24, 2.45) is 11.1 Å². The van der Waals surface area contributed by atoms with E-state index in [1.54, 1.807) is 6.07 Å². The van der Waals surface area contributed by atoms with Crippen molar-refractivity contribution >= 4 is 40.7 Å². The molecule has 2 heterocycles. The Morgan fingerprint density at radius 3 is 2.62 bits per heavy atom. The van der Waals surface area contributed by atoms with Gasteiger partial charge in [0.15, 0.2) is 0 Å². The molecule has 168 valence electrons. The van der Waals surface area contributed by atoms with Crippen LogP contribution in [0.1, 0.15) is 43.1 Å². The maximum Gasteiger partial charge on any atom is 0.250 e. The van der Waals surface area contributed by atoms with Gasteiger partial charge in [0, 0.05) is 24.5 Å². The molecule has 0 radical (unpaired) electrons. The summed E-state index contributed by atoms with van der Waals surface area (Å²) in [5.74, 6) is -0.861. The normalized spacial score (nSPS) is 22.3. The summed E-state index contributed by atoms with van der Waals surface area (Å²) in [4.78, 5) is 39.8. The van der Waals surface area contributed by atoms with Crippen LogP contribution in [0.25, 0.3) is 0 Å². The first-order chi connectivity index (χ1) is 15.0. The number of benzene rings is 2. The van der Waals surface area contributed by atoms with Gasteiger partial charge in [0.2, 0.25) is 17.7 Å². The van der Waals surface area contributed by atoms with Gasteiger partial charge in [-0.25, -0.2) is 0 Å². The van der Waals surface area contributed by atoms with Gasteiger partial charge < -0.3 is 21.3 Å². The maximum absolute atomic E-state index is 13.6. The minimum absolute atomic E-state index is 0.0327. The fourth-order valence-corrected chi connectivity index (χ4v) is 4.87. The number of nitrogens with zero attached hydrogens (tertiary/aromatic N) is 1. The molecule has 0 aromatic heterocycles. The average Bonchev–Trinajstić information content (AvgIpc) is 3.25. The van der Waals surface area contributed by atoms with Crippen molar-refractivity contribution in [2.45, 2.75) is 38.6 Å². The summed E-state index contributed by atoms with van der Waals surface area (Å²) in [6, 6.07) is 11.8. The zero-order valence-corrected chi connectivity index (χ0v) is 19.1. The van der Waals surface area contributed by atoms with Gasteiger partial charge >= 0.3 is 0 Å². The zero-order chi connectivity index (χ0) is 23.3. The number of carbonyl (C=O) groups is 3. The molecular formula is C24H27ClN4O3. The summed E-state index contributed by atoms with van der Waals surface area (Å²) in [6.45, 7) is 7.30. The highest BCUT2D eigenvalue weighted by molar-refractivity contribution is 6.34. The van der Waals surface area contributed by atoms with Crippen LogP contribution in [0.4, 0.5) is 11.4 Å². The monoisotopic (exact) mass is 454 g/mol. The van der Waals surface area contributed by atoms with Crippen molar-refractivity contribution in [1.82, 2.24) is 5.32 Å². The molecule has 7 nitrogen and oxygen atoms in total. The van der Waals surface area contributed by atoms with Gasteiger partial charge in [-0.1, -0.05) is 50.6 Å². The summed E-state index contributed by atoms with van der Waals surface area (Å²) < 4.78 is 0. The molecule has 1 spiro atoms. The van der Waals surface area contributed by atoms with E-state index in [1.807, 2.05) is 29.2 Å². The Kier molecular flexibility index (Phi) is 5.51. The van der Waals surface area contributed by atoms with Crippen molar-refractivity contribution in [1.29, 1.82) is 0 Å². The molecule has 2 aromatic rings. The van der Waals surface area contributed by atoms with Crippen molar-refractivity contribution in [2.75, 3.05) is 23.3 Å². The van der Waals surface area contributed by atoms with Crippen LogP contribution in [0.3, 0.4) is 0 Å². The van der Waals surface area contributed by atoms with Crippen LogP contribution in [0.15, 0.2) is 42.5 Å². The molecule has 32 heavy (non-hydrogen) atoms. The number of carbonyl (C=O) groups excluding carboxylic acids is 3. The Labute approximate surface area is 192 Å². The van der Waals surface area contributed by atoms with E-state index in [0.717, 1.165) is 11.3 Å². The fraction of sp³-hybridized carbons (Fsp3) is 0.375. The third kappa shape index (κ3) is 3.87. The topological polar surface area (TPSA) is 105 Å². The predicted molar refractivity (Wildman–Crippen MR) is 125 cm³/mol. The molecule has 2 aliphatic heterocycles. The van der Waals surface area contributed by atoms with Gasteiger partial charge in [-0.15, -0.1) is 0 Å². The highest BCUT2D eigenvalue weighted by atomic mass is 35.5. The summed E-state index contributed by atoms with van der Waals surface area (Å²) in [6.07, 6.45) is 0.364. The lowest BCUT2D eigenvalue weighted by Gasteiger charge is -2.29. The molecule has 1 fully saturated rings. The van der Waals surface area contributed by atoms with E-state index in [4.69, 9.17) is 17.3 Å². The highest BCUT2D eigenvalue weighted by Gasteiger charge is 2.56. The highest BCUT2D eigenvalue weighted by Crippen LogP contribution is 2.47. The molecule has 1 saturated heterocycles. The molecule has 8 heteroatoms. The fourth-order valence-electron chi connectivity index (χ4n) is 4.59. The largest absolute Gasteiger partial charge is 0.366 e. The third-order valence-electron chi connectivity index (χ3n) is 6.02. The lowest BCUT2D eigenvalue weighted by atomic mass is 9.79. The molecule has 0 saturated carbocycles. The lowest BCUT2D eigenvalue weighted by Crippen LogP contribution is -2.44. The number of anilines is 2. The predicted octanol–water partition coefficient (Wildman–Crippen LogP) is 3.07. The minimum atomic E-state index is -0.767. The number of halogens is 1. The van der Waals surface area contributed by atoms with Gasteiger partial charge in [-0.2, -0.15) is 0 Å². The van der Waals surface area contributed by atoms with Crippen molar-refractivity contribution < 1.29 is 14.4 Å². The van der Waals surface area contributed by atoms with Crippen LogP contribution in [0.5, 0.6) is 0 Å². The molecule has 2 aromatic carbocycles. The quantitative estimate of drug-likeness (QED) is 0.660. The van der Waals surface area contributed by atoms with Crippen LogP contribution in [0, 0.1) is 5.41 Å². The molecule has 2 aliphatic rings. The average molecular weight is 455 g/mol. The molecule has 2 atom stereocenters. The van der Waals surface area contributed by atoms with Crippen LogP contribution >= 0.6 is 11.6 Å². The van der Waals surface area contributed by atoms with Crippen molar-refractivity contribution in [3.8, 4) is 0 Å². The van der Waals surface area contributed by atoms with E-state index < -0.39 is 17.4 Å². The number of nitrogens with two attached hydrogens (primary N) is 1. The Balaban J connectivity index is 1.55. The smallest absolute Gasteiger partial charge is 0.250 e. The van der Waals surface area contributed by atoms with E-state index in [9.17, 15) is 14.4 Å². The molecule has 3 amide bonds. The summed E-state index contributed by atoms with van der Waals surface area (Å²) >= 11 is 6.09. The third-order valence-corrected chi connectivity index (χ3v) is 6.33. The van der Waals surface area contributed by atoms with Gasteiger partial charge in [-0.05, 0) is 41.7 Å². The maximum atomic E-state index is 13.6. The van der Waals surface area contributed by atoms with Crippen LogP contribution in [-0.2, 0) is 15.0 Å². The van der Waals surface area contributed by atoms with E-state index in [0.29, 0.717) is 25.2 Å². The van der Waals surface area contributed by atoms with Gasteiger partial charge in [0.1, 0.15) is 0 Å². The Hall–Kier alpha value is -2.90. The Morgan fingerprint density at radius 2 is 1.97 bits per heavy atom. The van der Waals surface area contributed by atoms with E-state index in [2.05, 4.69) is 31.4 Å². The number of hydrogen-bond donors (Lipinski definition) is 3. The number of para-hydroxylation sites is 1. The van der Waals surface area contributed by atoms with Crippen LogP contribution < -0.4 is 21.3 Å². The van der Waals surface area contributed by atoms with Gasteiger partial charge in [-0.3, -0.25) is 14.4 Å². The van der Waals surface area contributed by atoms with Gasteiger partial charge in [0.25, 0.3) is 0 Å². The molecule has 0 aliphatic carbocycles. The van der Waals surface area contributed by atoms with E-state index in [1.165, 1.54) is 12.1 Å². The first-order valence-corrected chi connectivity index (χ1v) is 10.9. The summed E-state index contributed by atoms with van der Waals surface area (Å²) in [7, 11) is 0. The molecule has 0 bridgehead atoms. The number of nitrogens with one attached hydrogen (secondary N) is 2. The first kappa shape index (κ1) is 22.3. The number of amides is 3. The number of hydrogen-bond acceptors (Lipinski definition) is 4. The summed E-state index contributed by atoms with van der Waals surface area (Å²) in [5.41, 5.74) is 6.98. The number of rotatable bonds is 4. The standard InChI is InChI=1S/C24H27ClN4O3/c1-23(2,3)13-29-19-7-5-4-6-16(19)24(22(29)32)11-18(27-12-24)21(31)28-14-8-9-15(20(26)30)17(25)10-14/h4-10,18,27H,11-13H2,1-3H3,(H2,26,30)(H,28,31). The summed E-state index contributed by atoms with van der Waals surface area (Å²) in [5, 5.41) is 6.23. The SMILES string of the molecule is CC(C)(C)CN1C(=O)C2(CNC(C(=O)Nc3ccc(C(N)=O)c(Cl)c3)C2)c2ccccc21. The molecular weight excluding hydrogens is 428 g/mol. The second-order valence-electron chi connectivity index (χ2n) is 9.74. The van der Waals surface area contributed by atoms with Crippen molar-refractivity contribution in [3.63, 3.8) is 0 Å². The van der Waals surface area contributed by atoms with Crippen molar-refractivity contribution in [3.05, 3.63) is 58.6 Å².